The molecular formula is C21H25N5O4. The van der Waals surface area contributed by atoms with Gasteiger partial charge < -0.3 is 14.1 Å². The highest BCUT2D eigenvalue weighted by Gasteiger charge is 2.21. The Morgan fingerprint density at radius 2 is 2.07 bits per heavy atom. The number of aromatic nitrogens is 3. The molecule has 9 nitrogen and oxygen atoms in total. The lowest BCUT2D eigenvalue weighted by atomic mass is 10.1. The fourth-order valence-corrected chi connectivity index (χ4v) is 3.65. The van der Waals surface area contributed by atoms with E-state index in [1.807, 2.05) is 9.47 Å². The quantitative estimate of drug-likeness (QED) is 0.600. The molecule has 3 aromatic rings. The minimum Gasteiger partial charge on any atom is -0.472 e. The van der Waals surface area contributed by atoms with Crippen molar-refractivity contribution >= 4 is 28.9 Å². The average molecular weight is 411 g/mol. The molecule has 0 atom stereocenters. The van der Waals surface area contributed by atoms with Crippen LogP contribution in [-0.2, 0) is 11.3 Å². The number of piperidine rings is 1. The first-order chi connectivity index (χ1) is 14.7. The molecule has 158 valence electrons. The maximum atomic E-state index is 12.8. The number of amides is 2. The van der Waals surface area contributed by atoms with Crippen LogP contribution < -0.4 is 5.32 Å². The molecule has 1 fully saturated rings. The second-order valence-electron chi connectivity index (χ2n) is 7.32. The molecule has 4 heterocycles. The number of nitrogens with one attached hydrogen (secondary N) is 1. The molecule has 2 amide bonds. The molecule has 1 N–H and O–H groups in total. The van der Waals surface area contributed by atoms with Crippen LogP contribution >= 0.6 is 0 Å². The predicted octanol–water partition coefficient (Wildman–Crippen LogP) is 2.94. The van der Waals surface area contributed by atoms with Crippen LogP contribution in [-0.4, -0.2) is 58.1 Å². The first kappa shape index (κ1) is 20.1. The van der Waals surface area contributed by atoms with Crippen molar-refractivity contribution < 1.29 is 18.7 Å². The topological polar surface area (TPSA) is 102 Å². The molecule has 0 radical (unpaired) electrons. The summed E-state index contributed by atoms with van der Waals surface area (Å²) in [5, 5.41) is 2.82. The van der Waals surface area contributed by atoms with Gasteiger partial charge in [-0.2, -0.15) is 0 Å². The Bertz CT molecular complexity index is 1020. The Morgan fingerprint density at radius 1 is 1.23 bits per heavy atom. The Kier molecular flexibility index (Phi) is 6.08. The molecule has 0 aliphatic carbocycles. The summed E-state index contributed by atoms with van der Waals surface area (Å²) in [5.41, 5.74) is 2.10. The average Bonchev–Trinajstić information content (AvgIpc) is 3.42. The van der Waals surface area contributed by atoms with Crippen LogP contribution in [0.25, 0.3) is 11.2 Å². The molecule has 0 aromatic carbocycles. The van der Waals surface area contributed by atoms with Crippen LogP contribution in [0, 0.1) is 0 Å². The highest BCUT2D eigenvalue weighted by Crippen LogP contribution is 2.22. The Labute approximate surface area is 174 Å². The van der Waals surface area contributed by atoms with E-state index < -0.39 is 0 Å². The van der Waals surface area contributed by atoms with Crippen molar-refractivity contribution in [1.82, 2.24) is 19.4 Å². The number of ether oxygens (including phenoxy) is 1. The van der Waals surface area contributed by atoms with E-state index in [2.05, 4.69) is 15.3 Å². The fraction of sp³-hybridized carbons (Fsp3) is 0.429. The minimum absolute atomic E-state index is 0.0259. The van der Waals surface area contributed by atoms with Crippen LogP contribution in [0.3, 0.4) is 0 Å². The zero-order chi connectivity index (χ0) is 20.9. The van der Waals surface area contributed by atoms with E-state index in [9.17, 15) is 9.59 Å². The van der Waals surface area contributed by atoms with Crippen molar-refractivity contribution in [2.24, 2.45) is 0 Å². The Morgan fingerprint density at radius 3 is 2.80 bits per heavy atom. The van der Waals surface area contributed by atoms with Gasteiger partial charge >= 0.3 is 0 Å². The van der Waals surface area contributed by atoms with Crippen LogP contribution in [0.1, 0.15) is 46.4 Å². The summed E-state index contributed by atoms with van der Waals surface area (Å²) in [6.07, 6.45) is 8.35. The summed E-state index contributed by atoms with van der Waals surface area (Å²) >= 11 is 0. The third kappa shape index (κ3) is 4.20. The van der Waals surface area contributed by atoms with Gasteiger partial charge in [0.05, 0.1) is 17.4 Å². The SMILES string of the molecule is COCCCn1c(NC(=O)c2ccoc2)nc2cc(C(=O)N3CCCCC3)cnc21. The molecule has 0 bridgehead atoms. The second kappa shape index (κ2) is 9.08. The van der Waals surface area contributed by atoms with Gasteiger partial charge in [0.15, 0.2) is 5.65 Å². The molecule has 1 aliphatic heterocycles. The van der Waals surface area contributed by atoms with Crippen molar-refractivity contribution in [2.75, 3.05) is 32.1 Å². The smallest absolute Gasteiger partial charge is 0.261 e. The van der Waals surface area contributed by atoms with Gasteiger partial charge in [0.1, 0.15) is 11.8 Å². The van der Waals surface area contributed by atoms with Crippen LogP contribution in [0.15, 0.2) is 35.3 Å². The van der Waals surface area contributed by atoms with Crippen molar-refractivity contribution in [2.45, 2.75) is 32.2 Å². The maximum Gasteiger partial charge on any atom is 0.261 e. The molecule has 30 heavy (non-hydrogen) atoms. The van der Waals surface area contributed by atoms with E-state index in [0.717, 1.165) is 38.8 Å². The number of furan rings is 1. The molecule has 0 unspecified atom stereocenters. The zero-order valence-corrected chi connectivity index (χ0v) is 17.0. The van der Waals surface area contributed by atoms with Gasteiger partial charge in [-0.05, 0) is 37.8 Å². The third-order valence-corrected chi connectivity index (χ3v) is 5.21. The van der Waals surface area contributed by atoms with E-state index in [1.54, 1.807) is 25.4 Å². The predicted molar refractivity (Wildman–Crippen MR) is 110 cm³/mol. The molecule has 4 rings (SSSR count). The molecule has 0 saturated carbocycles. The number of hydrogen-bond donors (Lipinski definition) is 1. The van der Waals surface area contributed by atoms with E-state index >= 15 is 0 Å². The molecule has 1 aliphatic rings. The Balaban J connectivity index is 1.64. The number of carbonyl (C=O) groups is 2. The van der Waals surface area contributed by atoms with Gasteiger partial charge in [0.2, 0.25) is 5.95 Å². The lowest BCUT2D eigenvalue weighted by Crippen LogP contribution is -2.35. The summed E-state index contributed by atoms with van der Waals surface area (Å²) in [5.74, 6) is 0.0288. The van der Waals surface area contributed by atoms with E-state index in [-0.39, 0.29) is 11.8 Å². The van der Waals surface area contributed by atoms with Gasteiger partial charge in [-0.1, -0.05) is 0 Å². The molecule has 1 saturated heterocycles. The minimum atomic E-state index is -0.323. The zero-order valence-electron chi connectivity index (χ0n) is 17.0. The summed E-state index contributed by atoms with van der Waals surface area (Å²) in [6.45, 7) is 2.68. The third-order valence-electron chi connectivity index (χ3n) is 5.21. The highest BCUT2D eigenvalue weighted by atomic mass is 16.5. The van der Waals surface area contributed by atoms with E-state index in [1.165, 1.54) is 12.5 Å². The Hall–Kier alpha value is -3.20. The lowest BCUT2D eigenvalue weighted by Gasteiger charge is -2.26. The largest absolute Gasteiger partial charge is 0.472 e. The first-order valence-electron chi connectivity index (χ1n) is 10.2. The van der Waals surface area contributed by atoms with Gasteiger partial charge in [-0.25, -0.2) is 9.97 Å². The van der Waals surface area contributed by atoms with Crippen molar-refractivity contribution in [3.05, 3.63) is 42.0 Å². The van der Waals surface area contributed by atoms with Gasteiger partial charge in [0, 0.05) is 39.5 Å². The van der Waals surface area contributed by atoms with Crippen LogP contribution in [0.2, 0.25) is 0 Å². The molecule has 0 spiro atoms. The maximum absolute atomic E-state index is 12.8. The summed E-state index contributed by atoms with van der Waals surface area (Å²) in [4.78, 5) is 36.2. The number of pyridine rings is 1. The van der Waals surface area contributed by atoms with Crippen molar-refractivity contribution in [3.63, 3.8) is 0 Å². The summed E-state index contributed by atoms with van der Waals surface area (Å²) in [7, 11) is 1.64. The van der Waals surface area contributed by atoms with Crippen LogP contribution in [0.5, 0.6) is 0 Å². The number of anilines is 1. The number of rotatable bonds is 7. The second-order valence-corrected chi connectivity index (χ2v) is 7.32. The molecule has 9 heteroatoms. The van der Waals surface area contributed by atoms with Gasteiger partial charge in [-0.3, -0.25) is 19.5 Å². The summed E-state index contributed by atoms with van der Waals surface area (Å²) in [6, 6.07) is 3.33. The lowest BCUT2D eigenvalue weighted by molar-refractivity contribution is 0.0724. The number of aryl methyl sites for hydroxylation is 1. The molecule has 3 aromatic heterocycles. The number of imidazole rings is 1. The van der Waals surface area contributed by atoms with Crippen molar-refractivity contribution in [3.8, 4) is 0 Å². The monoisotopic (exact) mass is 411 g/mol. The number of likely N-dealkylation sites (tertiary alicyclic amines) is 1. The highest BCUT2D eigenvalue weighted by molar-refractivity contribution is 6.04. The summed E-state index contributed by atoms with van der Waals surface area (Å²) < 4.78 is 12.0. The number of nitrogens with zero attached hydrogens (tertiary/aromatic N) is 4. The van der Waals surface area contributed by atoms with Crippen molar-refractivity contribution in [1.29, 1.82) is 0 Å². The number of fused-ring (bicyclic) bond motifs is 1. The van der Waals surface area contributed by atoms with Crippen LogP contribution in [0.4, 0.5) is 5.95 Å². The number of methoxy groups -OCH3 is 1. The van der Waals surface area contributed by atoms with Gasteiger partial charge in [0.25, 0.3) is 11.8 Å². The molecular weight excluding hydrogens is 386 g/mol. The first-order valence-corrected chi connectivity index (χ1v) is 10.2. The van der Waals surface area contributed by atoms with E-state index in [0.29, 0.717) is 41.4 Å². The van der Waals surface area contributed by atoms with E-state index in [4.69, 9.17) is 9.15 Å². The number of carbonyl (C=O) groups excluding carboxylic acids is 2. The number of hydrogen-bond acceptors (Lipinski definition) is 6. The van der Waals surface area contributed by atoms with Gasteiger partial charge in [-0.15, -0.1) is 0 Å². The standard InChI is InChI=1S/C21H25N5O4/c1-29-10-5-9-26-18-17(23-21(26)24-19(27)15-6-11-30-14-15)12-16(13-22-18)20(28)25-7-3-2-4-8-25/h6,11-14H,2-5,7-10H2,1H3,(H,23,24,27). The normalized spacial score (nSPS) is 14.2. The fourth-order valence-electron chi connectivity index (χ4n) is 3.65.